The minimum absolute atomic E-state index is 0.173. The lowest BCUT2D eigenvalue weighted by Crippen LogP contribution is -2.29. The highest BCUT2D eigenvalue weighted by Gasteiger charge is 2.18. The van der Waals surface area contributed by atoms with Crippen LogP contribution in [0.1, 0.15) is 27.7 Å². The molecule has 0 saturated heterocycles. The molecule has 0 unspecified atom stereocenters. The van der Waals surface area contributed by atoms with Crippen LogP contribution in [0.25, 0.3) is 0 Å². The Kier molecular flexibility index (Phi) is 4.87. The van der Waals surface area contributed by atoms with Crippen molar-refractivity contribution in [1.82, 2.24) is 10.3 Å². The minimum Gasteiger partial charge on any atom is -0.497 e. The maximum atomic E-state index is 12.7. The Hall–Kier alpha value is -3.14. The van der Waals surface area contributed by atoms with Crippen molar-refractivity contribution in [3.8, 4) is 5.75 Å². The summed E-state index contributed by atoms with van der Waals surface area (Å²) in [5.41, 5.74) is 2.32. The molecule has 0 saturated carbocycles. The van der Waals surface area contributed by atoms with Crippen LogP contribution >= 0.6 is 0 Å². The predicted molar refractivity (Wildman–Crippen MR) is 93.0 cm³/mol. The third-order valence-electron chi connectivity index (χ3n) is 3.72. The number of aromatic nitrogens is 1. The maximum absolute atomic E-state index is 12.7. The van der Waals surface area contributed by atoms with Gasteiger partial charge in [0.15, 0.2) is 0 Å². The lowest BCUT2D eigenvalue weighted by Gasteiger charge is -2.19. The van der Waals surface area contributed by atoms with E-state index in [9.17, 15) is 4.79 Å². The van der Waals surface area contributed by atoms with Gasteiger partial charge in [-0.2, -0.15) is 0 Å². The normalized spacial score (nSPS) is 11.5. The molecule has 1 aromatic heterocycles. The van der Waals surface area contributed by atoms with Crippen molar-refractivity contribution in [1.29, 1.82) is 0 Å². The van der Waals surface area contributed by atoms with Crippen LogP contribution in [0.15, 0.2) is 79.0 Å². The first kappa shape index (κ1) is 15.7. The number of rotatable bonds is 5. The van der Waals surface area contributed by atoms with Gasteiger partial charge in [0.05, 0.1) is 18.8 Å². The zero-order chi connectivity index (χ0) is 16.8. The molecule has 1 heterocycles. The summed E-state index contributed by atoms with van der Waals surface area (Å²) in [5.74, 6) is 0.477. The highest BCUT2D eigenvalue weighted by molar-refractivity contribution is 5.95. The SMILES string of the molecule is COc1cccc(C(=O)N[C@H](c2ccccc2)c2ccccn2)c1. The van der Waals surface area contributed by atoms with Gasteiger partial charge in [0, 0.05) is 11.8 Å². The highest BCUT2D eigenvalue weighted by Crippen LogP contribution is 2.21. The second kappa shape index (κ2) is 7.42. The van der Waals surface area contributed by atoms with Crippen LogP contribution in [-0.4, -0.2) is 18.0 Å². The zero-order valence-electron chi connectivity index (χ0n) is 13.3. The van der Waals surface area contributed by atoms with Crippen molar-refractivity contribution < 1.29 is 9.53 Å². The molecule has 4 heteroatoms. The molecule has 0 radical (unpaired) electrons. The summed E-state index contributed by atoms with van der Waals surface area (Å²) in [7, 11) is 1.58. The lowest BCUT2D eigenvalue weighted by molar-refractivity contribution is 0.0942. The predicted octanol–water partition coefficient (Wildman–Crippen LogP) is 3.61. The lowest BCUT2D eigenvalue weighted by atomic mass is 10.0. The summed E-state index contributed by atoms with van der Waals surface area (Å²) in [5, 5.41) is 3.06. The van der Waals surface area contributed by atoms with Gasteiger partial charge >= 0.3 is 0 Å². The first-order valence-electron chi connectivity index (χ1n) is 7.69. The average Bonchev–Trinajstić information content (AvgIpc) is 2.67. The Balaban J connectivity index is 1.91. The molecule has 0 fully saturated rings. The van der Waals surface area contributed by atoms with Gasteiger partial charge in [0.1, 0.15) is 5.75 Å². The Morgan fingerprint density at radius 1 is 1.00 bits per heavy atom. The molecule has 0 spiro atoms. The monoisotopic (exact) mass is 318 g/mol. The molecule has 1 amide bonds. The van der Waals surface area contributed by atoms with Crippen molar-refractivity contribution in [2.45, 2.75) is 6.04 Å². The number of benzene rings is 2. The molecule has 24 heavy (non-hydrogen) atoms. The molecule has 3 rings (SSSR count). The van der Waals surface area contributed by atoms with Crippen LogP contribution in [-0.2, 0) is 0 Å². The van der Waals surface area contributed by atoms with Crippen molar-refractivity contribution in [2.75, 3.05) is 7.11 Å². The summed E-state index contributed by atoms with van der Waals surface area (Å²) in [4.78, 5) is 17.1. The van der Waals surface area contributed by atoms with E-state index in [2.05, 4.69) is 10.3 Å². The number of nitrogens with zero attached hydrogens (tertiary/aromatic N) is 1. The molecule has 4 nitrogen and oxygen atoms in total. The number of ether oxygens (including phenoxy) is 1. The first-order valence-corrected chi connectivity index (χ1v) is 7.69. The number of carbonyl (C=O) groups is 1. The fourth-order valence-electron chi connectivity index (χ4n) is 2.50. The molecule has 3 aromatic rings. The van der Waals surface area contributed by atoms with E-state index >= 15 is 0 Å². The van der Waals surface area contributed by atoms with Crippen molar-refractivity contribution in [3.63, 3.8) is 0 Å². The van der Waals surface area contributed by atoms with E-state index in [0.717, 1.165) is 11.3 Å². The molecule has 2 aromatic carbocycles. The summed E-state index contributed by atoms with van der Waals surface area (Å²) >= 11 is 0. The van der Waals surface area contributed by atoms with Gasteiger partial charge in [-0.15, -0.1) is 0 Å². The van der Waals surface area contributed by atoms with Gasteiger partial charge in [0.25, 0.3) is 5.91 Å². The second-order valence-electron chi connectivity index (χ2n) is 5.30. The third-order valence-corrected chi connectivity index (χ3v) is 3.72. The third kappa shape index (κ3) is 3.60. The van der Waals surface area contributed by atoms with Crippen LogP contribution in [0, 0.1) is 0 Å². The van der Waals surface area contributed by atoms with Crippen molar-refractivity contribution in [3.05, 3.63) is 95.8 Å². The number of nitrogens with one attached hydrogen (secondary N) is 1. The fraction of sp³-hybridized carbons (Fsp3) is 0.100. The second-order valence-corrected chi connectivity index (χ2v) is 5.30. The number of methoxy groups -OCH3 is 1. The van der Waals surface area contributed by atoms with Gasteiger partial charge in [-0.1, -0.05) is 42.5 Å². The largest absolute Gasteiger partial charge is 0.497 e. The summed E-state index contributed by atoms with van der Waals surface area (Å²) in [6.07, 6.45) is 1.73. The van der Waals surface area contributed by atoms with E-state index in [0.29, 0.717) is 11.3 Å². The standard InChI is InChI=1S/C20H18N2O2/c1-24-17-11-7-10-16(14-17)20(23)22-19(15-8-3-2-4-9-15)18-12-5-6-13-21-18/h2-14,19H,1H3,(H,22,23)/t19-/m1/s1. The quantitative estimate of drug-likeness (QED) is 0.782. The number of hydrogen-bond donors (Lipinski definition) is 1. The van der Waals surface area contributed by atoms with Gasteiger partial charge in [-0.25, -0.2) is 0 Å². The summed E-state index contributed by atoms with van der Waals surface area (Å²) in [6, 6.07) is 22.2. The van der Waals surface area contributed by atoms with Gasteiger partial charge in [-0.05, 0) is 35.9 Å². The van der Waals surface area contributed by atoms with Crippen LogP contribution in [0.5, 0.6) is 5.75 Å². The topological polar surface area (TPSA) is 51.2 Å². The molecule has 0 aliphatic carbocycles. The van der Waals surface area contributed by atoms with E-state index in [1.54, 1.807) is 31.5 Å². The van der Waals surface area contributed by atoms with Crippen LogP contribution < -0.4 is 10.1 Å². The van der Waals surface area contributed by atoms with E-state index in [-0.39, 0.29) is 11.9 Å². The van der Waals surface area contributed by atoms with E-state index in [1.165, 1.54) is 0 Å². The van der Waals surface area contributed by atoms with Gasteiger partial charge < -0.3 is 10.1 Å². The molecular weight excluding hydrogens is 300 g/mol. The highest BCUT2D eigenvalue weighted by atomic mass is 16.5. The molecular formula is C20H18N2O2. The molecule has 0 bridgehead atoms. The first-order chi connectivity index (χ1) is 11.8. The summed E-state index contributed by atoms with van der Waals surface area (Å²) < 4.78 is 5.19. The van der Waals surface area contributed by atoms with Crippen molar-refractivity contribution in [2.24, 2.45) is 0 Å². The number of amides is 1. The smallest absolute Gasteiger partial charge is 0.252 e. The Labute approximate surface area is 141 Å². The van der Waals surface area contributed by atoms with Crippen LogP contribution in [0.3, 0.4) is 0 Å². The van der Waals surface area contributed by atoms with E-state index in [4.69, 9.17) is 4.74 Å². The molecule has 0 aliphatic heterocycles. The Bertz CT molecular complexity index is 765. The molecule has 1 N–H and O–H groups in total. The number of carbonyl (C=O) groups excluding carboxylic acids is 1. The number of pyridine rings is 1. The van der Waals surface area contributed by atoms with E-state index in [1.807, 2.05) is 54.6 Å². The van der Waals surface area contributed by atoms with Crippen LogP contribution in [0.2, 0.25) is 0 Å². The van der Waals surface area contributed by atoms with Crippen molar-refractivity contribution >= 4 is 5.91 Å². The Morgan fingerprint density at radius 3 is 2.50 bits per heavy atom. The molecule has 120 valence electrons. The average molecular weight is 318 g/mol. The van der Waals surface area contributed by atoms with Gasteiger partial charge in [0.2, 0.25) is 0 Å². The number of hydrogen-bond acceptors (Lipinski definition) is 3. The maximum Gasteiger partial charge on any atom is 0.252 e. The Morgan fingerprint density at radius 2 is 1.79 bits per heavy atom. The van der Waals surface area contributed by atoms with Gasteiger partial charge in [-0.3, -0.25) is 9.78 Å². The fourth-order valence-corrected chi connectivity index (χ4v) is 2.50. The van der Waals surface area contributed by atoms with Crippen LogP contribution in [0.4, 0.5) is 0 Å². The molecule has 1 atom stereocenters. The minimum atomic E-state index is -0.314. The molecule has 0 aliphatic rings. The van der Waals surface area contributed by atoms with E-state index < -0.39 is 0 Å². The summed E-state index contributed by atoms with van der Waals surface area (Å²) in [6.45, 7) is 0. The zero-order valence-corrected chi connectivity index (χ0v) is 13.3.